The lowest BCUT2D eigenvalue weighted by molar-refractivity contribution is -0.135. The van der Waals surface area contributed by atoms with Gasteiger partial charge in [-0.1, -0.05) is 5.21 Å². The predicted octanol–water partition coefficient (Wildman–Crippen LogP) is -0.804. The Kier molecular flexibility index (Phi) is 4.26. The van der Waals surface area contributed by atoms with Gasteiger partial charge >= 0.3 is 0 Å². The van der Waals surface area contributed by atoms with Crippen molar-refractivity contribution in [2.75, 3.05) is 13.1 Å². The van der Waals surface area contributed by atoms with Crippen molar-refractivity contribution in [2.24, 2.45) is 17.4 Å². The van der Waals surface area contributed by atoms with Crippen LogP contribution < -0.4 is 11.5 Å². The monoisotopic (exact) mass is 294 g/mol. The third kappa shape index (κ3) is 3.78. The summed E-state index contributed by atoms with van der Waals surface area (Å²) >= 11 is 0. The molecule has 2 heterocycles. The molecular weight excluding hydrogens is 272 g/mol. The average molecular weight is 294 g/mol. The van der Waals surface area contributed by atoms with E-state index in [1.165, 1.54) is 4.68 Å². The van der Waals surface area contributed by atoms with Gasteiger partial charge < -0.3 is 16.4 Å². The SMILES string of the molecule is CC(C)(N)c1cn(CC(=O)N2CCCC(C(N)=O)C2)nn1. The Labute approximate surface area is 123 Å². The zero-order chi connectivity index (χ0) is 15.6. The molecule has 2 rings (SSSR count). The van der Waals surface area contributed by atoms with Crippen LogP contribution in [0.25, 0.3) is 0 Å². The van der Waals surface area contributed by atoms with Crippen molar-refractivity contribution < 1.29 is 9.59 Å². The van der Waals surface area contributed by atoms with Crippen LogP contribution in [0, 0.1) is 5.92 Å². The van der Waals surface area contributed by atoms with Crippen LogP contribution in [0.15, 0.2) is 6.20 Å². The highest BCUT2D eigenvalue weighted by Gasteiger charge is 2.27. The quantitative estimate of drug-likeness (QED) is 0.753. The van der Waals surface area contributed by atoms with Crippen molar-refractivity contribution in [3.8, 4) is 0 Å². The first-order valence-corrected chi connectivity index (χ1v) is 7.04. The number of nitrogens with zero attached hydrogens (tertiary/aromatic N) is 4. The number of rotatable bonds is 4. The molecule has 21 heavy (non-hydrogen) atoms. The fraction of sp³-hybridized carbons (Fsp3) is 0.692. The molecule has 0 aromatic carbocycles. The van der Waals surface area contributed by atoms with Gasteiger partial charge in [-0.2, -0.15) is 0 Å². The van der Waals surface area contributed by atoms with Crippen LogP contribution in [0.3, 0.4) is 0 Å². The lowest BCUT2D eigenvalue weighted by atomic mass is 9.97. The minimum atomic E-state index is -0.594. The van der Waals surface area contributed by atoms with Crippen LogP contribution in [0.4, 0.5) is 0 Å². The lowest BCUT2D eigenvalue weighted by Crippen LogP contribution is -2.45. The summed E-state index contributed by atoms with van der Waals surface area (Å²) < 4.78 is 1.47. The van der Waals surface area contributed by atoms with E-state index in [4.69, 9.17) is 11.5 Å². The third-order valence-corrected chi connectivity index (χ3v) is 3.67. The molecule has 1 aliphatic rings. The number of piperidine rings is 1. The minimum absolute atomic E-state index is 0.0905. The lowest BCUT2D eigenvalue weighted by Gasteiger charge is -2.31. The highest BCUT2D eigenvalue weighted by atomic mass is 16.2. The van der Waals surface area contributed by atoms with E-state index >= 15 is 0 Å². The highest BCUT2D eigenvalue weighted by Crippen LogP contribution is 2.17. The first-order chi connectivity index (χ1) is 9.77. The normalized spacial score (nSPS) is 19.6. The molecule has 0 radical (unpaired) electrons. The van der Waals surface area contributed by atoms with Gasteiger partial charge in [-0.15, -0.1) is 5.10 Å². The van der Waals surface area contributed by atoms with E-state index in [2.05, 4.69) is 10.3 Å². The molecule has 0 spiro atoms. The van der Waals surface area contributed by atoms with Gasteiger partial charge in [0.1, 0.15) is 12.2 Å². The van der Waals surface area contributed by atoms with Gasteiger partial charge in [0, 0.05) is 13.1 Å². The van der Waals surface area contributed by atoms with E-state index in [0.717, 1.165) is 12.8 Å². The molecule has 8 nitrogen and oxygen atoms in total. The van der Waals surface area contributed by atoms with E-state index in [0.29, 0.717) is 18.8 Å². The summed E-state index contributed by atoms with van der Waals surface area (Å²) in [6.07, 6.45) is 3.21. The van der Waals surface area contributed by atoms with Gasteiger partial charge in [0.05, 0.1) is 17.7 Å². The molecule has 8 heteroatoms. The Bertz CT molecular complexity index is 533. The number of carbonyl (C=O) groups excluding carboxylic acids is 2. The van der Waals surface area contributed by atoms with Crippen LogP contribution in [-0.4, -0.2) is 44.8 Å². The number of nitrogens with two attached hydrogens (primary N) is 2. The summed E-state index contributed by atoms with van der Waals surface area (Å²) in [5.41, 5.74) is 11.3. The van der Waals surface area contributed by atoms with Gasteiger partial charge in [-0.25, -0.2) is 4.68 Å². The number of carbonyl (C=O) groups is 2. The largest absolute Gasteiger partial charge is 0.369 e. The second-order valence-electron chi connectivity index (χ2n) is 6.10. The van der Waals surface area contributed by atoms with Crippen LogP contribution in [0.5, 0.6) is 0 Å². The van der Waals surface area contributed by atoms with E-state index < -0.39 is 5.54 Å². The Morgan fingerprint density at radius 2 is 2.19 bits per heavy atom. The summed E-state index contributed by atoms with van der Waals surface area (Å²) in [6, 6.07) is 0. The molecule has 0 saturated carbocycles. The molecule has 4 N–H and O–H groups in total. The van der Waals surface area contributed by atoms with Crippen molar-refractivity contribution in [1.82, 2.24) is 19.9 Å². The second-order valence-corrected chi connectivity index (χ2v) is 6.10. The Hall–Kier alpha value is -1.96. The molecule has 1 aromatic rings. The van der Waals surface area contributed by atoms with Crippen molar-refractivity contribution in [3.63, 3.8) is 0 Å². The maximum absolute atomic E-state index is 12.2. The first kappa shape index (κ1) is 15.4. The summed E-state index contributed by atoms with van der Waals surface area (Å²) in [5, 5.41) is 7.89. The van der Waals surface area contributed by atoms with E-state index in [1.54, 1.807) is 11.1 Å². The zero-order valence-corrected chi connectivity index (χ0v) is 12.5. The van der Waals surface area contributed by atoms with Crippen LogP contribution in [0.2, 0.25) is 0 Å². The highest BCUT2D eigenvalue weighted by molar-refractivity contribution is 5.80. The summed E-state index contributed by atoms with van der Waals surface area (Å²) in [7, 11) is 0. The maximum Gasteiger partial charge on any atom is 0.244 e. The molecule has 2 amide bonds. The fourth-order valence-corrected chi connectivity index (χ4v) is 2.35. The molecule has 1 aromatic heterocycles. The van der Waals surface area contributed by atoms with E-state index in [9.17, 15) is 9.59 Å². The fourth-order valence-electron chi connectivity index (χ4n) is 2.35. The van der Waals surface area contributed by atoms with Crippen LogP contribution in [-0.2, 0) is 21.7 Å². The smallest absolute Gasteiger partial charge is 0.244 e. The van der Waals surface area contributed by atoms with Crippen molar-refractivity contribution in [2.45, 2.75) is 38.8 Å². The molecule has 1 fully saturated rings. The average Bonchev–Trinajstić information content (AvgIpc) is 2.87. The standard InChI is InChI=1S/C13H22N6O2/c1-13(2,15)10-7-19(17-16-10)8-11(20)18-5-3-4-9(6-18)12(14)21/h7,9H,3-6,8,15H2,1-2H3,(H2,14,21). The Morgan fingerprint density at radius 3 is 2.76 bits per heavy atom. The number of amides is 2. The second kappa shape index (κ2) is 5.80. The van der Waals surface area contributed by atoms with Gasteiger partial charge in [0.2, 0.25) is 11.8 Å². The van der Waals surface area contributed by atoms with Crippen molar-refractivity contribution in [1.29, 1.82) is 0 Å². The van der Waals surface area contributed by atoms with Crippen LogP contribution >= 0.6 is 0 Å². The Morgan fingerprint density at radius 1 is 1.48 bits per heavy atom. The molecule has 1 unspecified atom stereocenters. The van der Waals surface area contributed by atoms with Gasteiger partial charge in [-0.3, -0.25) is 9.59 Å². The number of aromatic nitrogens is 3. The molecule has 0 bridgehead atoms. The maximum atomic E-state index is 12.2. The first-order valence-electron chi connectivity index (χ1n) is 7.04. The summed E-state index contributed by atoms with van der Waals surface area (Å²) in [6.45, 7) is 4.77. The van der Waals surface area contributed by atoms with Crippen LogP contribution in [0.1, 0.15) is 32.4 Å². The molecular formula is C13H22N6O2. The molecule has 1 saturated heterocycles. The topological polar surface area (TPSA) is 120 Å². The van der Waals surface area contributed by atoms with Crippen molar-refractivity contribution in [3.05, 3.63) is 11.9 Å². The third-order valence-electron chi connectivity index (χ3n) is 3.67. The van der Waals surface area contributed by atoms with Gasteiger partial charge in [-0.05, 0) is 26.7 Å². The molecule has 1 atom stereocenters. The molecule has 116 valence electrons. The summed E-state index contributed by atoms with van der Waals surface area (Å²) in [4.78, 5) is 25.1. The molecule has 0 aliphatic carbocycles. The van der Waals surface area contributed by atoms with Gasteiger partial charge in [0.25, 0.3) is 0 Å². The predicted molar refractivity (Wildman–Crippen MR) is 75.7 cm³/mol. The Balaban J connectivity index is 1.98. The number of hydrogen-bond donors (Lipinski definition) is 2. The van der Waals surface area contributed by atoms with Crippen molar-refractivity contribution >= 4 is 11.8 Å². The van der Waals surface area contributed by atoms with E-state index in [1.807, 2.05) is 13.8 Å². The number of hydrogen-bond acceptors (Lipinski definition) is 5. The minimum Gasteiger partial charge on any atom is -0.369 e. The molecule has 1 aliphatic heterocycles. The number of primary amides is 1. The summed E-state index contributed by atoms with van der Waals surface area (Å²) in [5.74, 6) is -0.690. The number of likely N-dealkylation sites (tertiary alicyclic amines) is 1. The zero-order valence-electron chi connectivity index (χ0n) is 12.5. The van der Waals surface area contributed by atoms with Gasteiger partial charge in [0.15, 0.2) is 0 Å². The van der Waals surface area contributed by atoms with E-state index in [-0.39, 0.29) is 24.3 Å².